The lowest BCUT2D eigenvalue weighted by Crippen LogP contribution is -2.41. The highest BCUT2D eigenvalue weighted by Gasteiger charge is 2.53. The van der Waals surface area contributed by atoms with Crippen molar-refractivity contribution in [3.8, 4) is 0 Å². The van der Waals surface area contributed by atoms with Crippen molar-refractivity contribution < 1.29 is 26.9 Å². The van der Waals surface area contributed by atoms with Crippen LogP contribution in [0.25, 0.3) is 0 Å². The van der Waals surface area contributed by atoms with Crippen molar-refractivity contribution in [3.63, 3.8) is 0 Å². The summed E-state index contributed by atoms with van der Waals surface area (Å²) in [5, 5.41) is 0. The van der Waals surface area contributed by atoms with Gasteiger partial charge in [-0.2, -0.15) is 13.2 Å². The maximum absolute atomic E-state index is 14.4. The van der Waals surface area contributed by atoms with E-state index in [-0.39, 0.29) is 10.4 Å². The molecule has 1 heterocycles. The Kier molecular flexibility index (Phi) is 4.34. The lowest BCUT2D eigenvalue weighted by Gasteiger charge is -2.32. The van der Waals surface area contributed by atoms with E-state index >= 15 is 0 Å². The number of rotatable bonds is 2. The Morgan fingerprint density at radius 2 is 1.55 bits per heavy atom. The standard InChI is InChI=1S/C14H17BF4O2S/c1-12(2)13(3,4)21-15(20-12)9-6-8(14(17,18)19)7-10(22-5)11(9)16/h6-7H,1-5H3. The predicted molar refractivity (Wildman–Crippen MR) is 78.9 cm³/mol. The third kappa shape index (κ3) is 3.01. The highest BCUT2D eigenvalue weighted by molar-refractivity contribution is 7.98. The van der Waals surface area contributed by atoms with Gasteiger partial charge in [-0.05, 0) is 46.1 Å². The summed E-state index contributed by atoms with van der Waals surface area (Å²) < 4.78 is 64.7. The molecule has 0 aromatic heterocycles. The molecule has 0 unspecified atom stereocenters. The highest BCUT2D eigenvalue weighted by atomic mass is 32.2. The van der Waals surface area contributed by atoms with Crippen molar-refractivity contribution in [1.82, 2.24) is 0 Å². The minimum atomic E-state index is -4.56. The van der Waals surface area contributed by atoms with E-state index in [1.54, 1.807) is 27.7 Å². The van der Waals surface area contributed by atoms with E-state index in [1.807, 2.05) is 0 Å². The van der Waals surface area contributed by atoms with Gasteiger partial charge in [-0.15, -0.1) is 11.8 Å². The summed E-state index contributed by atoms with van der Waals surface area (Å²) in [6, 6.07) is 1.56. The first kappa shape index (κ1) is 17.6. The molecule has 122 valence electrons. The summed E-state index contributed by atoms with van der Waals surface area (Å²) in [6.07, 6.45) is -3.04. The Morgan fingerprint density at radius 1 is 1.05 bits per heavy atom. The van der Waals surface area contributed by atoms with Gasteiger partial charge in [-0.3, -0.25) is 0 Å². The molecule has 1 saturated heterocycles. The minimum Gasteiger partial charge on any atom is -0.399 e. The molecule has 0 saturated carbocycles. The van der Waals surface area contributed by atoms with E-state index in [2.05, 4.69) is 0 Å². The summed E-state index contributed by atoms with van der Waals surface area (Å²) in [5.41, 5.74) is -2.64. The second-order valence-electron chi connectivity index (χ2n) is 6.17. The normalized spacial score (nSPS) is 20.5. The number of hydrogen-bond acceptors (Lipinski definition) is 3. The summed E-state index contributed by atoms with van der Waals surface area (Å²) in [4.78, 5) is -0.0838. The Hall–Kier alpha value is -0.725. The second kappa shape index (κ2) is 5.42. The lowest BCUT2D eigenvalue weighted by molar-refractivity contribution is -0.137. The molecule has 0 amide bonds. The van der Waals surface area contributed by atoms with Gasteiger partial charge in [0.05, 0.1) is 16.8 Å². The SMILES string of the molecule is CSc1cc(C(F)(F)F)cc(B2OC(C)(C)C(C)(C)O2)c1F. The zero-order valence-corrected chi connectivity index (χ0v) is 13.8. The maximum atomic E-state index is 14.4. The fourth-order valence-electron chi connectivity index (χ4n) is 2.07. The molecule has 1 aliphatic rings. The molecular formula is C14H17BF4O2S. The van der Waals surface area contributed by atoms with E-state index in [1.165, 1.54) is 6.26 Å². The van der Waals surface area contributed by atoms with Gasteiger partial charge in [0.2, 0.25) is 0 Å². The molecule has 1 aromatic rings. The molecule has 0 radical (unpaired) electrons. The molecule has 1 aliphatic heterocycles. The maximum Gasteiger partial charge on any atom is 0.497 e. The van der Waals surface area contributed by atoms with Crippen molar-refractivity contribution >= 4 is 24.3 Å². The average molecular weight is 336 g/mol. The average Bonchev–Trinajstić information content (AvgIpc) is 2.57. The van der Waals surface area contributed by atoms with E-state index < -0.39 is 35.9 Å². The summed E-state index contributed by atoms with van der Waals surface area (Å²) in [7, 11) is -1.17. The second-order valence-corrected chi connectivity index (χ2v) is 7.02. The molecule has 0 aliphatic carbocycles. The van der Waals surface area contributed by atoms with Crippen molar-refractivity contribution in [3.05, 3.63) is 23.5 Å². The predicted octanol–water partition coefficient (Wildman–Crippen LogP) is 3.87. The Balaban J connectivity index is 2.52. The molecule has 0 atom stereocenters. The van der Waals surface area contributed by atoms with Gasteiger partial charge in [-0.25, -0.2) is 4.39 Å². The molecule has 0 bridgehead atoms. The van der Waals surface area contributed by atoms with Gasteiger partial charge >= 0.3 is 13.3 Å². The number of alkyl halides is 3. The van der Waals surface area contributed by atoms with Crippen molar-refractivity contribution in [2.24, 2.45) is 0 Å². The zero-order valence-electron chi connectivity index (χ0n) is 13.0. The van der Waals surface area contributed by atoms with E-state index in [9.17, 15) is 17.6 Å². The van der Waals surface area contributed by atoms with Crippen molar-refractivity contribution in [1.29, 1.82) is 0 Å². The van der Waals surface area contributed by atoms with E-state index in [0.29, 0.717) is 0 Å². The van der Waals surface area contributed by atoms with Crippen LogP contribution in [0, 0.1) is 5.82 Å². The van der Waals surface area contributed by atoms with Crippen LogP contribution in [-0.4, -0.2) is 24.6 Å². The molecule has 22 heavy (non-hydrogen) atoms. The van der Waals surface area contributed by atoms with Crippen LogP contribution in [-0.2, 0) is 15.5 Å². The lowest BCUT2D eigenvalue weighted by atomic mass is 9.78. The van der Waals surface area contributed by atoms with Gasteiger partial charge in [0.15, 0.2) is 0 Å². The van der Waals surface area contributed by atoms with Gasteiger partial charge in [0.1, 0.15) is 5.82 Å². The third-order valence-electron chi connectivity index (χ3n) is 4.12. The van der Waals surface area contributed by atoms with Gasteiger partial charge in [0.25, 0.3) is 0 Å². The van der Waals surface area contributed by atoms with Gasteiger partial charge in [-0.1, -0.05) is 0 Å². The van der Waals surface area contributed by atoms with Crippen LogP contribution in [0.4, 0.5) is 17.6 Å². The topological polar surface area (TPSA) is 18.5 Å². The summed E-state index contributed by atoms with van der Waals surface area (Å²) >= 11 is 0.912. The molecule has 1 fully saturated rings. The van der Waals surface area contributed by atoms with Crippen LogP contribution < -0.4 is 5.46 Å². The number of hydrogen-bond donors (Lipinski definition) is 0. The quantitative estimate of drug-likeness (QED) is 0.464. The molecular weight excluding hydrogens is 319 g/mol. The summed E-state index contributed by atoms with van der Waals surface area (Å²) in [5.74, 6) is -0.737. The van der Waals surface area contributed by atoms with Crippen LogP contribution in [0.1, 0.15) is 33.3 Å². The molecule has 8 heteroatoms. The van der Waals surface area contributed by atoms with Gasteiger partial charge in [0, 0.05) is 10.4 Å². The monoisotopic (exact) mass is 336 g/mol. The van der Waals surface area contributed by atoms with E-state index in [0.717, 1.165) is 23.9 Å². The Bertz CT molecular complexity index is 571. The first-order chi connectivity index (χ1) is 9.89. The van der Waals surface area contributed by atoms with E-state index in [4.69, 9.17) is 9.31 Å². The molecule has 1 aromatic carbocycles. The zero-order chi connectivity index (χ0) is 16.9. The Labute approximate surface area is 131 Å². The fourth-order valence-corrected chi connectivity index (χ4v) is 2.62. The number of benzene rings is 1. The van der Waals surface area contributed by atoms with Crippen LogP contribution in [0.15, 0.2) is 17.0 Å². The number of thioether (sulfide) groups is 1. The molecule has 2 rings (SSSR count). The van der Waals surface area contributed by atoms with Crippen molar-refractivity contribution in [2.45, 2.75) is 50.0 Å². The summed E-state index contributed by atoms with van der Waals surface area (Å²) in [6.45, 7) is 7.03. The van der Waals surface area contributed by atoms with Crippen LogP contribution >= 0.6 is 11.8 Å². The minimum absolute atomic E-state index is 0.0838. The fraction of sp³-hybridized carbons (Fsp3) is 0.571. The highest BCUT2D eigenvalue weighted by Crippen LogP contribution is 2.38. The number of halogens is 4. The third-order valence-corrected chi connectivity index (χ3v) is 4.86. The first-order valence-corrected chi connectivity index (χ1v) is 7.92. The smallest absolute Gasteiger partial charge is 0.399 e. The Morgan fingerprint density at radius 3 is 1.95 bits per heavy atom. The van der Waals surface area contributed by atoms with Crippen LogP contribution in [0.3, 0.4) is 0 Å². The van der Waals surface area contributed by atoms with Crippen LogP contribution in [0.2, 0.25) is 0 Å². The van der Waals surface area contributed by atoms with Crippen LogP contribution in [0.5, 0.6) is 0 Å². The first-order valence-electron chi connectivity index (χ1n) is 6.69. The molecule has 2 nitrogen and oxygen atoms in total. The van der Waals surface area contributed by atoms with Crippen molar-refractivity contribution in [2.75, 3.05) is 6.26 Å². The largest absolute Gasteiger partial charge is 0.497 e. The molecule has 0 N–H and O–H groups in total. The molecule has 0 spiro atoms. The van der Waals surface area contributed by atoms with Gasteiger partial charge < -0.3 is 9.31 Å².